The maximum absolute atomic E-state index is 12.4. The lowest BCUT2D eigenvalue weighted by Crippen LogP contribution is -2.26. The zero-order valence-electron chi connectivity index (χ0n) is 9.54. The number of hydrogen-bond donors (Lipinski definition) is 0. The Morgan fingerprint density at radius 2 is 2.25 bits per heavy atom. The van der Waals surface area contributed by atoms with Gasteiger partial charge in [-0.25, -0.2) is 0 Å². The number of thiophene rings is 1. The van der Waals surface area contributed by atoms with Crippen LogP contribution < -0.4 is 0 Å². The molecule has 1 nitrogen and oxygen atoms in total. The van der Waals surface area contributed by atoms with Gasteiger partial charge in [0, 0.05) is 10.4 Å². The molecular weight excluding hydrogens is 284 g/mol. The fourth-order valence-electron chi connectivity index (χ4n) is 2.68. The zero-order valence-corrected chi connectivity index (χ0v) is 11.9. The summed E-state index contributed by atoms with van der Waals surface area (Å²) in [6.07, 6.45) is 5.97. The van der Waals surface area contributed by atoms with Crippen molar-refractivity contribution in [3.63, 3.8) is 0 Å². The lowest BCUT2D eigenvalue weighted by atomic mass is 9.75. The van der Waals surface area contributed by atoms with Gasteiger partial charge in [-0.15, -0.1) is 11.3 Å². The van der Waals surface area contributed by atoms with Crippen molar-refractivity contribution in [3.05, 3.63) is 20.8 Å². The highest BCUT2D eigenvalue weighted by molar-refractivity contribution is 9.10. The Hall–Kier alpha value is -0.150. The maximum atomic E-state index is 12.4. The van der Waals surface area contributed by atoms with Crippen molar-refractivity contribution < 1.29 is 4.79 Å². The molecule has 3 heteroatoms. The molecule has 1 aromatic heterocycles. The van der Waals surface area contributed by atoms with E-state index in [1.807, 2.05) is 11.4 Å². The van der Waals surface area contributed by atoms with E-state index >= 15 is 0 Å². The average molecular weight is 301 g/mol. The molecule has 0 aliphatic heterocycles. The summed E-state index contributed by atoms with van der Waals surface area (Å²) in [7, 11) is 0. The lowest BCUT2D eigenvalue weighted by Gasteiger charge is -2.29. The lowest BCUT2D eigenvalue weighted by molar-refractivity contribution is 0.0824. The Bertz CT molecular complexity index is 372. The fraction of sp³-hybridized carbons (Fsp3) is 0.615. The van der Waals surface area contributed by atoms with E-state index in [0.29, 0.717) is 11.7 Å². The van der Waals surface area contributed by atoms with E-state index < -0.39 is 0 Å². The third-order valence-corrected chi connectivity index (χ3v) is 5.46. The van der Waals surface area contributed by atoms with Gasteiger partial charge in [0.1, 0.15) is 0 Å². The second-order valence-electron chi connectivity index (χ2n) is 4.52. The van der Waals surface area contributed by atoms with Gasteiger partial charge in [-0.05, 0) is 46.1 Å². The second-order valence-corrected chi connectivity index (χ2v) is 6.29. The quantitative estimate of drug-likeness (QED) is 0.725. The Balaban J connectivity index is 2.17. The number of rotatable bonds is 3. The third-order valence-electron chi connectivity index (χ3n) is 3.61. The summed E-state index contributed by atoms with van der Waals surface area (Å²) in [5.41, 5.74) is 0. The molecule has 1 aliphatic rings. The van der Waals surface area contributed by atoms with Crippen LogP contribution >= 0.6 is 27.3 Å². The van der Waals surface area contributed by atoms with Gasteiger partial charge in [-0.3, -0.25) is 4.79 Å². The summed E-state index contributed by atoms with van der Waals surface area (Å²) >= 11 is 5.03. The third kappa shape index (κ3) is 2.40. The summed E-state index contributed by atoms with van der Waals surface area (Å²) < 4.78 is 0.975. The first-order valence-electron chi connectivity index (χ1n) is 6.01. The highest BCUT2D eigenvalue weighted by Crippen LogP contribution is 2.37. The summed E-state index contributed by atoms with van der Waals surface area (Å²) in [6, 6.07) is 1.97. The minimum atomic E-state index is 0.272. The summed E-state index contributed by atoms with van der Waals surface area (Å²) in [5.74, 6) is 1.25. The van der Waals surface area contributed by atoms with Crippen LogP contribution in [-0.4, -0.2) is 5.78 Å². The molecule has 0 bridgehead atoms. The van der Waals surface area contributed by atoms with Gasteiger partial charge < -0.3 is 0 Å². The van der Waals surface area contributed by atoms with Crippen LogP contribution in [-0.2, 0) is 0 Å². The van der Waals surface area contributed by atoms with Gasteiger partial charge in [-0.2, -0.15) is 0 Å². The largest absolute Gasteiger partial charge is 0.293 e. The zero-order chi connectivity index (χ0) is 11.5. The summed E-state index contributed by atoms with van der Waals surface area (Å²) in [6.45, 7) is 2.21. The standard InChI is InChI=1S/C13H17BrOS/c1-2-9-5-3-4-6-10(9)12(15)13-11(14)7-8-16-13/h7-10H,2-6H2,1H3. The molecule has 1 aromatic rings. The molecular formula is C13H17BrOS. The molecule has 0 saturated heterocycles. The maximum Gasteiger partial charge on any atom is 0.177 e. The van der Waals surface area contributed by atoms with Gasteiger partial charge in [-0.1, -0.05) is 26.2 Å². The molecule has 16 heavy (non-hydrogen) atoms. The second kappa shape index (κ2) is 5.46. The van der Waals surface area contributed by atoms with Crippen molar-refractivity contribution >= 4 is 33.0 Å². The molecule has 2 unspecified atom stereocenters. The SMILES string of the molecule is CCC1CCCCC1C(=O)c1sccc1Br. The molecule has 0 aromatic carbocycles. The van der Waals surface area contributed by atoms with Crippen LogP contribution in [0.2, 0.25) is 0 Å². The van der Waals surface area contributed by atoms with Crippen LogP contribution in [0.25, 0.3) is 0 Å². The molecule has 1 heterocycles. The molecule has 0 spiro atoms. The van der Waals surface area contributed by atoms with Crippen LogP contribution in [0.1, 0.15) is 48.7 Å². The van der Waals surface area contributed by atoms with Crippen molar-refractivity contribution in [2.75, 3.05) is 0 Å². The molecule has 1 aliphatic carbocycles. The molecule has 0 radical (unpaired) electrons. The molecule has 0 N–H and O–H groups in total. The molecule has 1 fully saturated rings. The number of hydrogen-bond acceptors (Lipinski definition) is 2. The molecule has 88 valence electrons. The number of carbonyl (C=O) groups is 1. The van der Waals surface area contributed by atoms with Gasteiger partial charge in [0.25, 0.3) is 0 Å². The van der Waals surface area contributed by atoms with Crippen molar-refractivity contribution in [3.8, 4) is 0 Å². The topological polar surface area (TPSA) is 17.1 Å². The van der Waals surface area contributed by atoms with E-state index in [1.54, 1.807) is 11.3 Å². The van der Waals surface area contributed by atoms with Gasteiger partial charge >= 0.3 is 0 Å². The van der Waals surface area contributed by atoms with Crippen molar-refractivity contribution in [2.45, 2.75) is 39.0 Å². The first kappa shape index (κ1) is 12.3. The highest BCUT2D eigenvalue weighted by atomic mass is 79.9. The Morgan fingerprint density at radius 3 is 2.88 bits per heavy atom. The summed E-state index contributed by atoms with van der Waals surface area (Å²) in [4.78, 5) is 13.4. The predicted octanol–water partition coefficient (Wildman–Crippen LogP) is 4.91. The molecule has 2 atom stereocenters. The van der Waals surface area contributed by atoms with E-state index in [1.165, 1.54) is 19.3 Å². The van der Waals surface area contributed by atoms with Crippen molar-refractivity contribution in [1.82, 2.24) is 0 Å². The minimum Gasteiger partial charge on any atom is -0.293 e. The molecule has 0 amide bonds. The first-order valence-corrected chi connectivity index (χ1v) is 7.68. The number of ketones is 1. The van der Waals surface area contributed by atoms with Gasteiger partial charge in [0.05, 0.1) is 4.88 Å². The first-order chi connectivity index (χ1) is 7.74. The Morgan fingerprint density at radius 1 is 1.50 bits per heavy atom. The van der Waals surface area contributed by atoms with Crippen LogP contribution in [0, 0.1) is 11.8 Å². The minimum absolute atomic E-state index is 0.272. The fourth-order valence-corrected chi connectivity index (χ4v) is 4.25. The van der Waals surface area contributed by atoms with Crippen LogP contribution in [0.5, 0.6) is 0 Å². The van der Waals surface area contributed by atoms with E-state index in [4.69, 9.17) is 0 Å². The number of halogens is 1. The van der Waals surface area contributed by atoms with Crippen molar-refractivity contribution in [1.29, 1.82) is 0 Å². The predicted molar refractivity (Wildman–Crippen MR) is 72.1 cm³/mol. The van der Waals surface area contributed by atoms with E-state index in [9.17, 15) is 4.79 Å². The smallest absolute Gasteiger partial charge is 0.177 e. The highest BCUT2D eigenvalue weighted by Gasteiger charge is 2.31. The van der Waals surface area contributed by atoms with E-state index in [2.05, 4.69) is 22.9 Å². The van der Waals surface area contributed by atoms with Crippen LogP contribution in [0.3, 0.4) is 0 Å². The van der Waals surface area contributed by atoms with Gasteiger partial charge in [0.15, 0.2) is 5.78 Å². The van der Waals surface area contributed by atoms with Crippen LogP contribution in [0.4, 0.5) is 0 Å². The van der Waals surface area contributed by atoms with E-state index in [-0.39, 0.29) is 5.92 Å². The Kier molecular flexibility index (Phi) is 4.20. The van der Waals surface area contributed by atoms with Gasteiger partial charge in [0.2, 0.25) is 0 Å². The number of Topliss-reactive ketones (excluding diaryl/α,β-unsaturated/α-hetero) is 1. The van der Waals surface area contributed by atoms with Crippen LogP contribution in [0.15, 0.2) is 15.9 Å². The number of carbonyl (C=O) groups excluding carboxylic acids is 1. The summed E-state index contributed by atoms with van der Waals surface area (Å²) in [5, 5.41) is 1.99. The molecule has 1 saturated carbocycles. The Labute approximate surface area is 109 Å². The van der Waals surface area contributed by atoms with Crippen molar-refractivity contribution in [2.24, 2.45) is 11.8 Å². The normalized spacial score (nSPS) is 25.6. The average Bonchev–Trinajstić information content (AvgIpc) is 2.74. The van der Waals surface area contributed by atoms with E-state index in [0.717, 1.165) is 22.2 Å². The monoisotopic (exact) mass is 300 g/mol. The molecule has 2 rings (SSSR count).